The first kappa shape index (κ1) is 46.6. The molecule has 0 fully saturated rings. The van der Waals surface area contributed by atoms with Crippen LogP contribution < -0.4 is 11.4 Å². The zero-order valence-corrected chi connectivity index (χ0v) is 39.3. The van der Waals surface area contributed by atoms with Crippen LogP contribution in [-0.4, -0.2) is 50.7 Å². The molecule has 0 saturated carbocycles. The molecular formula is C48H50Cl4N6O6. The predicted octanol–water partition coefficient (Wildman–Crippen LogP) is 11.5. The third-order valence-corrected chi connectivity index (χ3v) is 12.6. The van der Waals surface area contributed by atoms with Crippen molar-refractivity contribution in [3.8, 4) is 0 Å². The lowest BCUT2D eigenvalue weighted by Crippen LogP contribution is -2.29. The number of carboxylic acid groups (broad SMARTS) is 1. The summed E-state index contributed by atoms with van der Waals surface area (Å²) in [7, 11) is 0. The van der Waals surface area contributed by atoms with Crippen LogP contribution in [0, 0.1) is 13.8 Å². The summed E-state index contributed by atoms with van der Waals surface area (Å²) in [4.78, 5) is 51.0. The minimum absolute atomic E-state index is 0.0969. The fourth-order valence-electron chi connectivity index (χ4n) is 8.99. The first-order valence-corrected chi connectivity index (χ1v) is 22.9. The van der Waals surface area contributed by atoms with Crippen LogP contribution in [0.4, 0.5) is 0 Å². The highest BCUT2D eigenvalue weighted by Gasteiger charge is 2.25. The van der Waals surface area contributed by atoms with Crippen molar-refractivity contribution in [3.05, 3.63) is 149 Å². The number of para-hydroxylation sites is 4. The number of carbonyl (C=O) groups excluding carboxylic acids is 1. The van der Waals surface area contributed by atoms with Gasteiger partial charge in [0.2, 0.25) is 0 Å². The summed E-state index contributed by atoms with van der Waals surface area (Å²) in [6.07, 6.45) is 6.63. The van der Waals surface area contributed by atoms with E-state index in [-0.39, 0.29) is 36.2 Å². The first-order chi connectivity index (χ1) is 30.7. The second kappa shape index (κ2) is 19.8. The van der Waals surface area contributed by atoms with Crippen molar-refractivity contribution in [2.24, 2.45) is 0 Å². The van der Waals surface area contributed by atoms with E-state index in [0.29, 0.717) is 52.6 Å². The Morgan fingerprint density at radius 2 is 1.03 bits per heavy atom. The van der Waals surface area contributed by atoms with Gasteiger partial charge in [0.05, 0.1) is 85.7 Å². The minimum atomic E-state index is -0.917. The SMILES string of the molecule is CCCC(CC(=O)O)n1c(=O)n(Cc2cc(C)n3cc(Cl)cc(Cl)c23)c2ccccc21.CCCC(CC(=O)OCC)n1c(=O)n(Cc2cc(C)n3cc(Cl)cc(Cl)c23)c2ccccc21. The van der Waals surface area contributed by atoms with Crippen molar-refractivity contribution < 1.29 is 19.4 Å². The lowest BCUT2D eigenvalue weighted by Gasteiger charge is -2.17. The standard InChI is InChI=1S/C25H27Cl2N3O3.C23H23Cl2N3O3/c1-4-8-19(13-23(31)33-5-2)30-22-10-7-6-9-21(22)29(25(30)32)14-17-11-16(3)28-15-18(26)12-20(27)24(17)28;1-3-6-17(11-21(29)30)28-20-8-5-4-7-19(20)27(23(28)31)12-15-9-14(2)26-13-16(24)10-18(25)22(15)26/h6-7,9-12,15,19H,4-5,8,13-14H2,1-3H3;4-5,7-10,13,17H,3,6,11-12H2,1-2H3,(H,29,30). The maximum absolute atomic E-state index is 13.7. The topological polar surface area (TPSA) is 126 Å². The first-order valence-electron chi connectivity index (χ1n) is 21.3. The molecule has 12 nitrogen and oxygen atoms in total. The number of hydrogen-bond acceptors (Lipinski definition) is 5. The van der Waals surface area contributed by atoms with Gasteiger partial charge in [-0.15, -0.1) is 0 Å². The normalized spacial score (nSPS) is 12.6. The Morgan fingerprint density at radius 1 is 0.625 bits per heavy atom. The van der Waals surface area contributed by atoms with Crippen LogP contribution in [0.2, 0.25) is 20.1 Å². The zero-order valence-electron chi connectivity index (χ0n) is 36.3. The van der Waals surface area contributed by atoms with Crippen molar-refractivity contribution in [2.45, 2.75) is 98.3 Å². The largest absolute Gasteiger partial charge is 0.481 e. The number of rotatable bonds is 15. The fourth-order valence-corrected chi connectivity index (χ4v) is 10.2. The van der Waals surface area contributed by atoms with Crippen molar-refractivity contribution in [1.82, 2.24) is 27.1 Å². The molecule has 0 aliphatic carbocycles. The van der Waals surface area contributed by atoms with Crippen LogP contribution in [0.1, 0.15) is 93.9 Å². The average molecular weight is 949 g/mol. The molecule has 0 aliphatic rings. The number of ether oxygens (including phenoxy) is 1. The van der Waals surface area contributed by atoms with Gasteiger partial charge in [-0.3, -0.25) is 27.9 Å². The molecule has 8 rings (SSSR count). The number of carbonyl (C=O) groups is 2. The van der Waals surface area contributed by atoms with Gasteiger partial charge in [-0.25, -0.2) is 9.59 Å². The number of aliphatic carboxylic acids is 1. The lowest BCUT2D eigenvalue weighted by atomic mass is 10.1. The number of aryl methyl sites for hydroxylation is 2. The average Bonchev–Trinajstić information content (AvgIpc) is 3.91. The summed E-state index contributed by atoms with van der Waals surface area (Å²) in [5.41, 5.74) is 8.15. The highest BCUT2D eigenvalue weighted by atomic mass is 35.5. The third-order valence-electron chi connectivity index (χ3n) is 11.6. The molecule has 1 N–H and O–H groups in total. The highest BCUT2D eigenvalue weighted by molar-refractivity contribution is 6.37. The lowest BCUT2D eigenvalue weighted by molar-refractivity contribution is -0.144. The summed E-state index contributed by atoms with van der Waals surface area (Å²) in [6.45, 7) is 10.7. The van der Waals surface area contributed by atoms with Crippen molar-refractivity contribution in [2.75, 3.05) is 6.61 Å². The van der Waals surface area contributed by atoms with Gasteiger partial charge < -0.3 is 18.6 Å². The number of imidazole rings is 2. The number of aromatic nitrogens is 6. The number of benzene rings is 2. The summed E-state index contributed by atoms with van der Waals surface area (Å²) in [5, 5.41) is 11.5. The van der Waals surface area contributed by atoms with Crippen LogP contribution in [0.25, 0.3) is 33.1 Å². The molecule has 0 spiro atoms. The van der Waals surface area contributed by atoms with Gasteiger partial charge in [0.25, 0.3) is 0 Å². The van der Waals surface area contributed by atoms with Gasteiger partial charge in [0.15, 0.2) is 0 Å². The Kier molecular flexibility index (Phi) is 14.4. The van der Waals surface area contributed by atoms with Gasteiger partial charge in [-0.1, -0.05) is 97.4 Å². The van der Waals surface area contributed by atoms with E-state index in [9.17, 15) is 24.3 Å². The van der Waals surface area contributed by atoms with Crippen molar-refractivity contribution in [3.63, 3.8) is 0 Å². The predicted molar refractivity (Wildman–Crippen MR) is 256 cm³/mol. The van der Waals surface area contributed by atoms with E-state index in [1.165, 1.54) is 0 Å². The number of carboxylic acids is 1. The molecule has 0 radical (unpaired) electrons. The van der Waals surface area contributed by atoms with Gasteiger partial charge >= 0.3 is 23.3 Å². The molecule has 2 aromatic carbocycles. The number of esters is 1. The molecule has 0 bridgehead atoms. The van der Waals surface area contributed by atoms with Gasteiger partial charge in [0.1, 0.15) is 0 Å². The van der Waals surface area contributed by atoms with Crippen LogP contribution in [0.15, 0.2) is 94.8 Å². The number of halogens is 4. The molecule has 2 unspecified atom stereocenters. The molecule has 0 amide bonds. The number of fused-ring (bicyclic) bond motifs is 4. The van der Waals surface area contributed by atoms with Crippen LogP contribution in [0.3, 0.4) is 0 Å². The second-order valence-corrected chi connectivity index (χ2v) is 17.7. The van der Waals surface area contributed by atoms with Gasteiger partial charge in [-0.05, 0) is 93.3 Å². The Bertz CT molecular complexity index is 3150. The highest BCUT2D eigenvalue weighted by Crippen LogP contribution is 2.32. The quantitative estimate of drug-likeness (QED) is 0.102. The van der Waals surface area contributed by atoms with E-state index in [1.54, 1.807) is 43.5 Å². The Hall–Kier alpha value is -5.40. The minimum Gasteiger partial charge on any atom is -0.481 e. The number of nitrogens with zero attached hydrogens (tertiary/aromatic N) is 6. The molecule has 0 saturated heterocycles. The van der Waals surface area contributed by atoms with E-state index in [4.69, 9.17) is 51.1 Å². The molecule has 0 aliphatic heterocycles. The molecule has 16 heteroatoms. The summed E-state index contributed by atoms with van der Waals surface area (Å²) in [6, 6.07) is 21.9. The summed E-state index contributed by atoms with van der Waals surface area (Å²) >= 11 is 25.4. The molecule has 2 atom stereocenters. The fraction of sp³-hybridized carbons (Fsp3) is 0.333. The van der Waals surface area contributed by atoms with E-state index >= 15 is 0 Å². The maximum atomic E-state index is 13.7. The van der Waals surface area contributed by atoms with E-state index in [1.807, 2.05) is 103 Å². The number of hydrogen-bond donors (Lipinski definition) is 1. The Balaban J connectivity index is 0.000000192. The maximum Gasteiger partial charge on any atom is 0.329 e. The van der Waals surface area contributed by atoms with Crippen LogP contribution >= 0.6 is 46.4 Å². The van der Waals surface area contributed by atoms with Gasteiger partial charge in [0, 0.05) is 35.9 Å². The molecular weight excluding hydrogens is 898 g/mol. The Labute approximate surface area is 389 Å². The zero-order chi connectivity index (χ0) is 46.0. The molecule has 6 heterocycles. The van der Waals surface area contributed by atoms with Gasteiger partial charge in [-0.2, -0.15) is 0 Å². The molecule has 64 heavy (non-hydrogen) atoms. The smallest absolute Gasteiger partial charge is 0.329 e. The van der Waals surface area contributed by atoms with Crippen LogP contribution in [0.5, 0.6) is 0 Å². The third kappa shape index (κ3) is 9.24. The van der Waals surface area contributed by atoms with E-state index in [0.717, 1.165) is 68.5 Å². The van der Waals surface area contributed by atoms with Crippen molar-refractivity contribution in [1.29, 1.82) is 0 Å². The summed E-state index contributed by atoms with van der Waals surface area (Å²) in [5.74, 6) is -1.21. The number of pyridine rings is 2. The molecule has 6 aromatic heterocycles. The summed E-state index contributed by atoms with van der Waals surface area (Å²) < 4.78 is 15.9. The Morgan fingerprint density at radius 3 is 1.42 bits per heavy atom. The molecule has 8 aromatic rings. The van der Waals surface area contributed by atoms with Crippen molar-refractivity contribution >= 4 is 91.4 Å². The van der Waals surface area contributed by atoms with E-state index in [2.05, 4.69) is 0 Å². The second-order valence-electron chi connectivity index (χ2n) is 16.0. The molecule has 336 valence electrons. The monoisotopic (exact) mass is 946 g/mol. The van der Waals surface area contributed by atoms with Crippen LogP contribution in [-0.2, 0) is 27.4 Å². The van der Waals surface area contributed by atoms with E-state index < -0.39 is 12.0 Å².